The second-order valence-electron chi connectivity index (χ2n) is 8.06. The molecule has 31 heavy (non-hydrogen) atoms. The standard InChI is InChI=1S/C24H28N4O3/c1-2-24(18-11-5-3-6-12-18)22(30)28(23(31)26-24)17-21(29)25-19-13-7-8-14-20(19)27-15-9-4-10-16-27/h3,5-8,11-14H,2,4,9-10,15-17H2,1H3,(H,25,29)(H,26,31)/t24-/m1/s1. The van der Waals surface area contributed by atoms with Gasteiger partial charge in [0.25, 0.3) is 5.91 Å². The minimum absolute atomic E-state index is 0.326. The number of urea groups is 1. The minimum Gasteiger partial charge on any atom is -0.370 e. The predicted octanol–water partition coefficient (Wildman–Crippen LogP) is 3.47. The van der Waals surface area contributed by atoms with Gasteiger partial charge in [-0.3, -0.25) is 14.5 Å². The van der Waals surface area contributed by atoms with Gasteiger partial charge in [0.15, 0.2) is 0 Å². The minimum atomic E-state index is -1.13. The number of hydrogen-bond donors (Lipinski definition) is 2. The average molecular weight is 421 g/mol. The van der Waals surface area contributed by atoms with Crippen molar-refractivity contribution in [3.05, 3.63) is 60.2 Å². The zero-order valence-corrected chi connectivity index (χ0v) is 17.8. The summed E-state index contributed by atoms with van der Waals surface area (Å²) in [5, 5.41) is 5.72. The molecule has 0 unspecified atom stereocenters. The molecule has 162 valence electrons. The molecule has 2 heterocycles. The van der Waals surface area contributed by atoms with E-state index in [0.717, 1.165) is 36.5 Å². The fourth-order valence-electron chi connectivity index (χ4n) is 4.46. The molecule has 2 aliphatic heterocycles. The van der Waals surface area contributed by atoms with Crippen LogP contribution >= 0.6 is 0 Å². The SMILES string of the molecule is CC[C@]1(c2ccccc2)NC(=O)N(CC(=O)Nc2ccccc2N2CCCCC2)C1=O. The molecule has 2 saturated heterocycles. The van der Waals surface area contributed by atoms with Gasteiger partial charge in [-0.15, -0.1) is 0 Å². The van der Waals surface area contributed by atoms with E-state index in [4.69, 9.17) is 0 Å². The number of carbonyl (C=O) groups is 3. The summed E-state index contributed by atoms with van der Waals surface area (Å²) < 4.78 is 0. The van der Waals surface area contributed by atoms with Gasteiger partial charge in [-0.25, -0.2) is 4.79 Å². The Bertz CT molecular complexity index is 972. The highest BCUT2D eigenvalue weighted by Crippen LogP contribution is 2.32. The van der Waals surface area contributed by atoms with Crippen molar-refractivity contribution in [1.82, 2.24) is 10.2 Å². The molecule has 0 spiro atoms. The van der Waals surface area contributed by atoms with Crippen LogP contribution in [0.3, 0.4) is 0 Å². The number of rotatable bonds is 6. The van der Waals surface area contributed by atoms with E-state index in [2.05, 4.69) is 15.5 Å². The number of hydrogen-bond acceptors (Lipinski definition) is 4. The maximum atomic E-state index is 13.2. The number of para-hydroxylation sites is 2. The molecule has 4 amide bonds. The van der Waals surface area contributed by atoms with Crippen LogP contribution in [0.4, 0.5) is 16.2 Å². The van der Waals surface area contributed by atoms with Crippen LogP contribution in [0.2, 0.25) is 0 Å². The van der Waals surface area contributed by atoms with Crippen molar-refractivity contribution in [2.24, 2.45) is 0 Å². The van der Waals surface area contributed by atoms with Gasteiger partial charge in [-0.05, 0) is 43.4 Å². The molecule has 7 heteroatoms. The maximum absolute atomic E-state index is 13.2. The Morgan fingerprint density at radius 1 is 1.00 bits per heavy atom. The molecular formula is C24H28N4O3. The van der Waals surface area contributed by atoms with Gasteiger partial charge in [-0.1, -0.05) is 49.4 Å². The Balaban J connectivity index is 1.50. The fourth-order valence-corrected chi connectivity index (χ4v) is 4.46. The third-order valence-corrected chi connectivity index (χ3v) is 6.15. The molecule has 0 bridgehead atoms. The zero-order chi connectivity index (χ0) is 21.8. The van der Waals surface area contributed by atoms with Gasteiger partial charge in [0.05, 0.1) is 11.4 Å². The van der Waals surface area contributed by atoms with E-state index in [-0.39, 0.29) is 6.54 Å². The highest BCUT2D eigenvalue weighted by Gasteiger charge is 2.51. The van der Waals surface area contributed by atoms with Crippen molar-refractivity contribution < 1.29 is 14.4 Å². The summed E-state index contributed by atoms with van der Waals surface area (Å²) in [5.41, 5.74) is 1.25. The molecule has 0 radical (unpaired) electrons. The summed E-state index contributed by atoms with van der Waals surface area (Å²) >= 11 is 0. The Kier molecular flexibility index (Phi) is 5.93. The number of nitrogens with one attached hydrogen (secondary N) is 2. The second kappa shape index (κ2) is 8.79. The lowest BCUT2D eigenvalue weighted by atomic mass is 9.87. The number of imide groups is 1. The molecule has 2 aromatic rings. The van der Waals surface area contributed by atoms with Gasteiger partial charge in [0.2, 0.25) is 5.91 Å². The lowest BCUT2D eigenvalue weighted by Gasteiger charge is -2.30. The normalized spacial score (nSPS) is 21.2. The summed E-state index contributed by atoms with van der Waals surface area (Å²) in [7, 11) is 0. The highest BCUT2D eigenvalue weighted by atomic mass is 16.2. The van der Waals surface area contributed by atoms with Gasteiger partial charge in [0, 0.05) is 13.1 Å². The molecule has 1 atom stereocenters. The average Bonchev–Trinajstić information content (AvgIpc) is 3.05. The summed E-state index contributed by atoms with van der Waals surface area (Å²) in [6.45, 7) is 3.43. The highest BCUT2D eigenvalue weighted by molar-refractivity contribution is 6.10. The van der Waals surface area contributed by atoms with Gasteiger partial charge in [-0.2, -0.15) is 0 Å². The fraction of sp³-hybridized carbons (Fsp3) is 0.375. The van der Waals surface area contributed by atoms with Crippen LogP contribution in [0.1, 0.15) is 38.2 Å². The van der Waals surface area contributed by atoms with E-state index in [9.17, 15) is 14.4 Å². The van der Waals surface area contributed by atoms with Crippen molar-refractivity contribution in [3.63, 3.8) is 0 Å². The Morgan fingerprint density at radius 3 is 2.39 bits per heavy atom. The number of benzene rings is 2. The predicted molar refractivity (Wildman–Crippen MR) is 120 cm³/mol. The largest absolute Gasteiger partial charge is 0.370 e. The number of amides is 4. The first-order chi connectivity index (χ1) is 15.0. The van der Waals surface area contributed by atoms with E-state index >= 15 is 0 Å². The molecule has 0 saturated carbocycles. The first-order valence-electron chi connectivity index (χ1n) is 10.9. The third kappa shape index (κ3) is 4.00. The summed E-state index contributed by atoms with van der Waals surface area (Å²) in [5.74, 6) is -0.793. The molecule has 7 nitrogen and oxygen atoms in total. The smallest absolute Gasteiger partial charge is 0.325 e. The summed E-state index contributed by atoms with van der Waals surface area (Å²) in [6.07, 6.45) is 3.88. The molecule has 2 aliphatic rings. The molecule has 4 rings (SSSR count). The van der Waals surface area contributed by atoms with Crippen molar-refractivity contribution >= 4 is 29.2 Å². The van der Waals surface area contributed by atoms with Crippen molar-refractivity contribution in [2.45, 2.75) is 38.1 Å². The van der Waals surface area contributed by atoms with Crippen molar-refractivity contribution in [2.75, 3.05) is 29.9 Å². The van der Waals surface area contributed by atoms with Gasteiger partial charge in [0.1, 0.15) is 12.1 Å². The lowest BCUT2D eigenvalue weighted by Crippen LogP contribution is -2.44. The topological polar surface area (TPSA) is 81.8 Å². The number of anilines is 2. The maximum Gasteiger partial charge on any atom is 0.325 e. The Morgan fingerprint density at radius 2 is 1.68 bits per heavy atom. The Hall–Kier alpha value is -3.35. The van der Waals surface area contributed by atoms with E-state index in [0.29, 0.717) is 17.7 Å². The summed E-state index contributed by atoms with van der Waals surface area (Å²) in [4.78, 5) is 42.0. The third-order valence-electron chi connectivity index (χ3n) is 6.15. The van der Waals surface area contributed by atoms with E-state index in [1.807, 2.05) is 61.5 Å². The Labute approximate surface area is 182 Å². The van der Waals surface area contributed by atoms with Crippen LogP contribution in [0.5, 0.6) is 0 Å². The second-order valence-corrected chi connectivity index (χ2v) is 8.06. The van der Waals surface area contributed by atoms with Crippen LogP contribution in [0, 0.1) is 0 Å². The molecule has 0 aliphatic carbocycles. The van der Waals surface area contributed by atoms with E-state index in [1.165, 1.54) is 6.42 Å². The van der Waals surface area contributed by atoms with Crippen molar-refractivity contribution in [1.29, 1.82) is 0 Å². The van der Waals surface area contributed by atoms with Crippen LogP contribution in [0.15, 0.2) is 54.6 Å². The first kappa shape index (κ1) is 20.9. The molecule has 2 aromatic carbocycles. The molecule has 2 fully saturated rings. The monoisotopic (exact) mass is 420 g/mol. The number of carbonyl (C=O) groups excluding carboxylic acids is 3. The van der Waals surface area contributed by atoms with E-state index in [1.54, 1.807) is 0 Å². The van der Waals surface area contributed by atoms with Crippen LogP contribution in [0.25, 0.3) is 0 Å². The molecule has 0 aromatic heterocycles. The van der Waals surface area contributed by atoms with Crippen LogP contribution < -0.4 is 15.5 Å². The lowest BCUT2D eigenvalue weighted by molar-refractivity contribution is -0.134. The quantitative estimate of drug-likeness (QED) is 0.701. The molecular weight excluding hydrogens is 392 g/mol. The van der Waals surface area contributed by atoms with Gasteiger partial charge < -0.3 is 15.5 Å². The summed E-state index contributed by atoms with van der Waals surface area (Å²) in [6, 6.07) is 16.3. The molecule has 2 N–H and O–H groups in total. The van der Waals surface area contributed by atoms with Crippen LogP contribution in [-0.2, 0) is 15.1 Å². The van der Waals surface area contributed by atoms with Crippen LogP contribution in [-0.4, -0.2) is 42.4 Å². The first-order valence-corrected chi connectivity index (χ1v) is 10.9. The number of piperidine rings is 1. The number of nitrogens with zero attached hydrogens (tertiary/aromatic N) is 2. The van der Waals surface area contributed by atoms with Crippen molar-refractivity contribution in [3.8, 4) is 0 Å². The zero-order valence-electron chi connectivity index (χ0n) is 17.8. The van der Waals surface area contributed by atoms with Gasteiger partial charge >= 0.3 is 6.03 Å². The van der Waals surface area contributed by atoms with E-state index < -0.39 is 23.4 Å².